The van der Waals surface area contributed by atoms with Gasteiger partial charge < -0.3 is 5.11 Å². The van der Waals surface area contributed by atoms with Crippen molar-refractivity contribution in [3.05, 3.63) is 33.1 Å². The second-order valence-electron chi connectivity index (χ2n) is 4.15. The molecule has 0 aliphatic heterocycles. The number of carboxylic acid groups (broad SMARTS) is 1. The van der Waals surface area contributed by atoms with Crippen LogP contribution in [0.3, 0.4) is 0 Å². The van der Waals surface area contributed by atoms with Crippen LogP contribution in [-0.2, 0) is 22.9 Å². The maximum absolute atomic E-state index is 12.1. The van der Waals surface area contributed by atoms with Crippen LogP contribution in [0.1, 0.15) is 27.3 Å². The number of rotatable bonds is 7. The third-order valence-electron chi connectivity index (χ3n) is 2.65. The molecule has 9 heteroatoms. The number of nitrogens with zero attached hydrogens (tertiary/aromatic N) is 1. The molecule has 0 fully saturated rings. The molecule has 0 atom stereocenters. The van der Waals surface area contributed by atoms with E-state index in [0.29, 0.717) is 15.6 Å². The highest BCUT2D eigenvalue weighted by molar-refractivity contribution is 7.91. The number of sulfonamides is 1. The molecule has 2 aromatic heterocycles. The number of aryl methyl sites for hydroxylation is 1. The van der Waals surface area contributed by atoms with Crippen LogP contribution in [0.25, 0.3) is 0 Å². The van der Waals surface area contributed by atoms with Crippen molar-refractivity contribution in [1.82, 2.24) is 9.71 Å². The molecule has 0 bridgehead atoms. The third kappa shape index (κ3) is 4.10. The first-order valence-electron chi connectivity index (χ1n) is 6.18. The van der Waals surface area contributed by atoms with E-state index in [2.05, 4.69) is 9.71 Å². The number of hydrogen-bond donors (Lipinski definition) is 2. The minimum absolute atomic E-state index is 0.0105. The zero-order chi connectivity index (χ0) is 15.5. The Morgan fingerprint density at radius 1 is 1.43 bits per heavy atom. The lowest BCUT2D eigenvalue weighted by Gasteiger charge is -2.03. The van der Waals surface area contributed by atoms with Gasteiger partial charge in [-0.25, -0.2) is 22.9 Å². The van der Waals surface area contributed by atoms with Crippen LogP contribution in [0.5, 0.6) is 0 Å². The molecule has 0 radical (unpaired) electrons. The highest BCUT2D eigenvalue weighted by Crippen LogP contribution is 2.21. The Morgan fingerprint density at radius 2 is 2.19 bits per heavy atom. The third-order valence-corrected chi connectivity index (χ3v) is 6.74. The van der Waals surface area contributed by atoms with Crippen LogP contribution in [0.15, 0.2) is 21.7 Å². The van der Waals surface area contributed by atoms with Crippen LogP contribution in [0.2, 0.25) is 0 Å². The average Bonchev–Trinajstić information content (AvgIpc) is 3.07. The Labute approximate surface area is 130 Å². The van der Waals surface area contributed by atoms with E-state index < -0.39 is 16.0 Å². The predicted octanol–water partition coefficient (Wildman–Crippen LogP) is 1.99. The van der Waals surface area contributed by atoms with Crippen molar-refractivity contribution in [2.75, 3.05) is 6.54 Å². The van der Waals surface area contributed by atoms with Crippen molar-refractivity contribution in [2.45, 2.75) is 24.0 Å². The van der Waals surface area contributed by atoms with E-state index >= 15 is 0 Å². The lowest BCUT2D eigenvalue weighted by atomic mass is 10.4. The van der Waals surface area contributed by atoms with Gasteiger partial charge in [0.2, 0.25) is 10.0 Å². The lowest BCUT2D eigenvalue weighted by molar-refractivity contribution is 0.0691. The van der Waals surface area contributed by atoms with Crippen LogP contribution in [0.4, 0.5) is 0 Å². The molecule has 2 aromatic rings. The summed E-state index contributed by atoms with van der Waals surface area (Å²) in [6.07, 6.45) is 1.17. The Hall–Kier alpha value is -1.29. The molecule has 0 saturated heterocycles. The van der Waals surface area contributed by atoms with Crippen LogP contribution >= 0.6 is 22.7 Å². The molecule has 2 heterocycles. The highest BCUT2D eigenvalue weighted by Gasteiger charge is 2.16. The molecular weight excluding hydrogens is 332 g/mol. The molecule has 0 spiro atoms. The monoisotopic (exact) mass is 346 g/mol. The zero-order valence-corrected chi connectivity index (χ0v) is 13.6. The van der Waals surface area contributed by atoms with Crippen molar-refractivity contribution >= 4 is 38.7 Å². The van der Waals surface area contributed by atoms with Crippen molar-refractivity contribution in [3.8, 4) is 0 Å². The minimum Gasteiger partial charge on any atom is -0.476 e. The summed E-state index contributed by atoms with van der Waals surface area (Å²) in [4.78, 5) is 15.6. The fourth-order valence-corrected chi connectivity index (χ4v) is 4.72. The fraction of sp³-hybridized carbons (Fsp3) is 0.333. The SMILES string of the molecule is CCc1ccc(S(=O)(=O)NCCc2nc(C(=O)O)cs2)s1. The number of carboxylic acids is 1. The first-order valence-corrected chi connectivity index (χ1v) is 9.36. The number of thiazole rings is 1. The van der Waals surface area contributed by atoms with Gasteiger partial charge in [-0.3, -0.25) is 0 Å². The lowest BCUT2D eigenvalue weighted by Crippen LogP contribution is -2.25. The predicted molar refractivity (Wildman–Crippen MR) is 81.7 cm³/mol. The van der Waals surface area contributed by atoms with E-state index in [1.807, 2.05) is 6.92 Å². The average molecular weight is 346 g/mol. The molecule has 0 aliphatic rings. The maximum atomic E-state index is 12.1. The molecule has 0 amide bonds. The summed E-state index contributed by atoms with van der Waals surface area (Å²) in [6.45, 7) is 2.16. The number of thiophene rings is 1. The van der Waals surface area contributed by atoms with Gasteiger partial charge in [0.1, 0.15) is 4.21 Å². The zero-order valence-electron chi connectivity index (χ0n) is 11.2. The number of aromatic nitrogens is 1. The molecule has 0 aromatic carbocycles. The fourth-order valence-electron chi connectivity index (χ4n) is 1.58. The molecule has 2 N–H and O–H groups in total. The van der Waals surface area contributed by atoms with Gasteiger partial charge in [-0.1, -0.05) is 6.92 Å². The summed E-state index contributed by atoms with van der Waals surface area (Å²) in [5, 5.41) is 10.8. The number of nitrogens with one attached hydrogen (secondary N) is 1. The quantitative estimate of drug-likeness (QED) is 0.799. The van der Waals surface area contributed by atoms with Gasteiger partial charge >= 0.3 is 5.97 Å². The van der Waals surface area contributed by atoms with Gasteiger partial charge in [0.15, 0.2) is 5.69 Å². The summed E-state index contributed by atoms with van der Waals surface area (Å²) in [6, 6.07) is 3.40. The van der Waals surface area contributed by atoms with E-state index in [-0.39, 0.29) is 12.2 Å². The van der Waals surface area contributed by atoms with Gasteiger partial charge in [0.05, 0.1) is 5.01 Å². The Kier molecular flexibility index (Phi) is 5.09. The van der Waals surface area contributed by atoms with Crippen LogP contribution in [-0.4, -0.2) is 31.0 Å². The second kappa shape index (κ2) is 6.65. The summed E-state index contributed by atoms with van der Waals surface area (Å²) in [7, 11) is -3.50. The van der Waals surface area contributed by atoms with E-state index in [1.54, 1.807) is 12.1 Å². The molecule has 0 saturated carbocycles. The summed E-state index contributed by atoms with van der Waals surface area (Å²) < 4.78 is 26.9. The maximum Gasteiger partial charge on any atom is 0.355 e. The van der Waals surface area contributed by atoms with E-state index in [1.165, 1.54) is 28.1 Å². The molecule has 6 nitrogen and oxygen atoms in total. The summed E-state index contributed by atoms with van der Waals surface area (Å²) >= 11 is 2.46. The molecule has 2 rings (SSSR count). The van der Waals surface area contributed by atoms with Crippen LogP contribution in [0, 0.1) is 0 Å². The van der Waals surface area contributed by atoms with Crippen molar-refractivity contribution in [3.63, 3.8) is 0 Å². The van der Waals surface area contributed by atoms with Gasteiger partial charge in [-0.15, -0.1) is 22.7 Å². The minimum atomic E-state index is -3.50. The first kappa shape index (κ1) is 16.1. The van der Waals surface area contributed by atoms with E-state index in [4.69, 9.17) is 5.11 Å². The first-order chi connectivity index (χ1) is 9.92. The highest BCUT2D eigenvalue weighted by atomic mass is 32.2. The largest absolute Gasteiger partial charge is 0.476 e. The number of carbonyl (C=O) groups is 1. The number of aromatic carboxylic acids is 1. The van der Waals surface area contributed by atoms with E-state index in [0.717, 1.165) is 11.3 Å². The summed E-state index contributed by atoms with van der Waals surface area (Å²) in [5.74, 6) is -1.08. The molecule has 0 aliphatic carbocycles. The summed E-state index contributed by atoms with van der Waals surface area (Å²) in [5.41, 5.74) is -0.0105. The van der Waals surface area contributed by atoms with Crippen LogP contribution < -0.4 is 4.72 Å². The van der Waals surface area contributed by atoms with E-state index in [9.17, 15) is 13.2 Å². The van der Waals surface area contributed by atoms with Crippen molar-refractivity contribution in [2.24, 2.45) is 0 Å². The standard InChI is InChI=1S/C12H14N2O4S3/c1-2-8-3-4-11(20-8)21(17,18)13-6-5-10-14-9(7-19-10)12(15)16/h3-4,7,13H,2,5-6H2,1H3,(H,15,16). The smallest absolute Gasteiger partial charge is 0.355 e. The van der Waals surface area contributed by atoms with Gasteiger partial charge in [0, 0.05) is 23.2 Å². The van der Waals surface area contributed by atoms with Gasteiger partial charge in [-0.2, -0.15) is 0 Å². The van der Waals surface area contributed by atoms with Gasteiger partial charge in [0.25, 0.3) is 0 Å². The van der Waals surface area contributed by atoms with Crippen molar-refractivity contribution < 1.29 is 18.3 Å². The normalized spacial score (nSPS) is 11.7. The second-order valence-corrected chi connectivity index (χ2v) is 8.26. The Morgan fingerprint density at radius 3 is 2.76 bits per heavy atom. The topological polar surface area (TPSA) is 96.4 Å². The molecular formula is C12H14N2O4S3. The van der Waals surface area contributed by atoms with Gasteiger partial charge in [-0.05, 0) is 18.6 Å². The Bertz CT molecular complexity index is 733. The molecule has 21 heavy (non-hydrogen) atoms. The molecule has 0 unspecified atom stereocenters. The Balaban J connectivity index is 1.93. The number of hydrogen-bond acceptors (Lipinski definition) is 6. The van der Waals surface area contributed by atoms with Crippen molar-refractivity contribution in [1.29, 1.82) is 0 Å². The molecule has 114 valence electrons.